The van der Waals surface area contributed by atoms with Crippen molar-refractivity contribution in [3.63, 3.8) is 0 Å². The van der Waals surface area contributed by atoms with Crippen molar-refractivity contribution in [1.82, 2.24) is 5.32 Å². The van der Waals surface area contributed by atoms with Crippen LogP contribution in [0.1, 0.15) is 35.9 Å². The van der Waals surface area contributed by atoms with Gasteiger partial charge in [-0.1, -0.05) is 31.4 Å². The summed E-state index contributed by atoms with van der Waals surface area (Å²) in [4.78, 5) is 23.1. The largest absolute Gasteiger partial charge is 0.480 e. The lowest BCUT2D eigenvalue weighted by molar-refractivity contribution is -0.139. The molecule has 4 nitrogen and oxygen atoms in total. The van der Waals surface area contributed by atoms with Gasteiger partial charge in [0.05, 0.1) is 5.02 Å². The fourth-order valence-corrected chi connectivity index (χ4v) is 2.39. The first-order valence-electron chi connectivity index (χ1n) is 5.33. The van der Waals surface area contributed by atoms with E-state index in [1.54, 1.807) is 11.4 Å². The number of nitrogens with one attached hydrogen (secondary N) is 1. The number of carboxylic acids is 1. The zero-order valence-electron chi connectivity index (χ0n) is 9.40. The molecule has 2 N–H and O–H groups in total. The molecule has 0 saturated carbocycles. The van der Waals surface area contributed by atoms with Crippen molar-refractivity contribution in [3.8, 4) is 0 Å². The summed E-state index contributed by atoms with van der Waals surface area (Å²) in [5, 5.41) is 13.5. The average molecular weight is 276 g/mol. The quantitative estimate of drug-likeness (QED) is 0.839. The molecule has 1 amide bonds. The number of carbonyl (C=O) groups excluding carboxylic acids is 1. The highest BCUT2D eigenvalue weighted by Crippen LogP contribution is 2.21. The van der Waals surface area contributed by atoms with E-state index in [-0.39, 0.29) is 0 Å². The van der Waals surface area contributed by atoms with E-state index in [4.69, 9.17) is 16.7 Å². The van der Waals surface area contributed by atoms with Crippen molar-refractivity contribution < 1.29 is 14.7 Å². The molecule has 6 heteroatoms. The number of hydrogen-bond acceptors (Lipinski definition) is 3. The Kier molecular flexibility index (Phi) is 5.44. The zero-order chi connectivity index (χ0) is 12.8. The predicted molar refractivity (Wildman–Crippen MR) is 67.7 cm³/mol. The lowest BCUT2D eigenvalue weighted by Crippen LogP contribution is -2.40. The third kappa shape index (κ3) is 4.02. The molecule has 0 bridgehead atoms. The first kappa shape index (κ1) is 14.0. The van der Waals surface area contributed by atoms with E-state index in [2.05, 4.69) is 5.32 Å². The summed E-state index contributed by atoms with van der Waals surface area (Å²) in [7, 11) is 0. The number of halogens is 1. The molecule has 0 unspecified atom stereocenters. The average Bonchev–Trinajstić information content (AvgIpc) is 2.70. The summed E-state index contributed by atoms with van der Waals surface area (Å²) >= 11 is 7.00. The fourth-order valence-electron chi connectivity index (χ4n) is 1.35. The third-order valence-corrected chi connectivity index (χ3v) is 3.61. The maximum Gasteiger partial charge on any atom is 0.326 e. The maximum absolute atomic E-state index is 11.8. The SMILES string of the molecule is CCCC[C@H](NC(=O)c1sccc1Cl)C(=O)O. The van der Waals surface area contributed by atoms with Crippen LogP contribution < -0.4 is 5.32 Å². The van der Waals surface area contributed by atoms with Gasteiger partial charge in [-0.15, -0.1) is 11.3 Å². The number of aliphatic carboxylic acids is 1. The van der Waals surface area contributed by atoms with Crippen LogP contribution in [0, 0.1) is 0 Å². The van der Waals surface area contributed by atoms with Crippen molar-refractivity contribution in [1.29, 1.82) is 0 Å². The number of unbranched alkanes of at least 4 members (excludes halogenated alkanes) is 1. The monoisotopic (exact) mass is 275 g/mol. The van der Waals surface area contributed by atoms with E-state index in [1.807, 2.05) is 6.92 Å². The second-order valence-electron chi connectivity index (χ2n) is 3.60. The molecule has 1 heterocycles. The zero-order valence-corrected chi connectivity index (χ0v) is 11.0. The number of carbonyl (C=O) groups is 2. The Morgan fingerprint density at radius 3 is 2.76 bits per heavy atom. The van der Waals surface area contributed by atoms with Gasteiger partial charge in [-0.25, -0.2) is 4.79 Å². The van der Waals surface area contributed by atoms with Gasteiger partial charge in [-0.3, -0.25) is 4.79 Å². The highest BCUT2D eigenvalue weighted by atomic mass is 35.5. The van der Waals surface area contributed by atoms with Crippen molar-refractivity contribution in [2.75, 3.05) is 0 Å². The predicted octanol–water partition coefficient (Wildman–Crippen LogP) is 2.77. The van der Waals surface area contributed by atoms with E-state index < -0.39 is 17.9 Å². The van der Waals surface area contributed by atoms with E-state index in [9.17, 15) is 9.59 Å². The summed E-state index contributed by atoms with van der Waals surface area (Å²) in [6, 6.07) is 0.767. The topological polar surface area (TPSA) is 66.4 Å². The number of rotatable bonds is 6. The van der Waals surface area contributed by atoms with Gasteiger partial charge in [0.1, 0.15) is 10.9 Å². The molecule has 0 spiro atoms. The molecule has 94 valence electrons. The van der Waals surface area contributed by atoms with Crippen molar-refractivity contribution in [2.24, 2.45) is 0 Å². The Labute approximate surface area is 109 Å². The van der Waals surface area contributed by atoms with Gasteiger partial charge in [0.15, 0.2) is 0 Å². The Balaban J connectivity index is 2.64. The van der Waals surface area contributed by atoms with Gasteiger partial charge < -0.3 is 10.4 Å². The second-order valence-corrected chi connectivity index (χ2v) is 4.93. The second kappa shape index (κ2) is 6.61. The Bertz CT molecular complexity index is 405. The van der Waals surface area contributed by atoms with Crippen LogP contribution in [0.25, 0.3) is 0 Å². The minimum Gasteiger partial charge on any atom is -0.480 e. The van der Waals surface area contributed by atoms with Crippen molar-refractivity contribution >= 4 is 34.8 Å². The fraction of sp³-hybridized carbons (Fsp3) is 0.455. The summed E-state index contributed by atoms with van der Waals surface area (Å²) < 4.78 is 0. The molecule has 1 aromatic rings. The molecule has 0 aliphatic rings. The molecule has 0 saturated heterocycles. The summed E-state index contributed by atoms with van der Waals surface area (Å²) in [6.45, 7) is 1.97. The molecule has 1 aromatic heterocycles. The van der Waals surface area contributed by atoms with Crippen LogP contribution in [0.4, 0.5) is 0 Å². The highest BCUT2D eigenvalue weighted by molar-refractivity contribution is 7.12. The van der Waals surface area contributed by atoms with Crippen LogP contribution >= 0.6 is 22.9 Å². The minimum atomic E-state index is -1.01. The lowest BCUT2D eigenvalue weighted by atomic mass is 10.1. The van der Waals surface area contributed by atoms with Crippen LogP contribution in [0.15, 0.2) is 11.4 Å². The van der Waals surface area contributed by atoms with Gasteiger partial charge >= 0.3 is 5.97 Å². The summed E-state index contributed by atoms with van der Waals surface area (Å²) in [6.07, 6.45) is 2.08. The standard InChI is InChI=1S/C11H14ClNO3S/c1-2-3-4-8(11(15)16)13-10(14)9-7(12)5-6-17-9/h5-6,8H,2-4H2,1H3,(H,13,14)(H,15,16)/t8-/m0/s1. The number of carboxylic acid groups (broad SMARTS) is 1. The molecule has 17 heavy (non-hydrogen) atoms. The highest BCUT2D eigenvalue weighted by Gasteiger charge is 2.21. The summed E-state index contributed by atoms with van der Waals surface area (Å²) in [5.74, 6) is -1.44. The van der Waals surface area contributed by atoms with Gasteiger partial charge in [0.25, 0.3) is 5.91 Å². The Hall–Kier alpha value is -1.07. The van der Waals surface area contributed by atoms with Gasteiger partial charge in [-0.05, 0) is 17.9 Å². The van der Waals surface area contributed by atoms with Crippen LogP contribution in [0.3, 0.4) is 0 Å². The molecule has 0 aliphatic carbocycles. The Morgan fingerprint density at radius 1 is 1.59 bits per heavy atom. The normalized spacial score (nSPS) is 12.1. The number of thiophene rings is 1. The number of hydrogen-bond donors (Lipinski definition) is 2. The van der Waals surface area contributed by atoms with Crippen molar-refractivity contribution in [3.05, 3.63) is 21.3 Å². The van der Waals surface area contributed by atoms with E-state index >= 15 is 0 Å². The molecule has 0 radical (unpaired) electrons. The Morgan fingerprint density at radius 2 is 2.29 bits per heavy atom. The molecule has 0 aliphatic heterocycles. The van der Waals surface area contributed by atoms with Crippen LogP contribution in [0.5, 0.6) is 0 Å². The molecule has 1 rings (SSSR count). The first-order chi connectivity index (χ1) is 8.06. The number of amides is 1. The van der Waals surface area contributed by atoms with Crippen LogP contribution in [-0.2, 0) is 4.79 Å². The minimum absolute atomic E-state index is 0.354. The van der Waals surface area contributed by atoms with Crippen LogP contribution in [0.2, 0.25) is 5.02 Å². The van der Waals surface area contributed by atoms with E-state index in [0.29, 0.717) is 16.3 Å². The smallest absolute Gasteiger partial charge is 0.326 e. The third-order valence-electron chi connectivity index (χ3n) is 2.27. The van der Waals surface area contributed by atoms with Crippen molar-refractivity contribution in [2.45, 2.75) is 32.2 Å². The molecule has 1 atom stereocenters. The molecule has 0 fully saturated rings. The van der Waals surface area contributed by atoms with E-state index in [1.165, 1.54) is 11.3 Å². The van der Waals surface area contributed by atoms with Gasteiger partial charge in [-0.2, -0.15) is 0 Å². The molecule has 0 aromatic carbocycles. The molecular formula is C11H14ClNO3S. The van der Waals surface area contributed by atoms with E-state index in [0.717, 1.165) is 12.8 Å². The first-order valence-corrected chi connectivity index (χ1v) is 6.58. The summed E-state index contributed by atoms with van der Waals surface area (Å²) in [5.41, 5.74) is 0. The molecular weight excluding hydrogens is 262 g/mol. The van der Waals surface area contributed by atoms with Gasteiger partial charge in [0.2, 0.25) is 0 Å². The van der Waals surface area contributed by atoms with Crippen LogP contribution in [-0.4, -0.2) is 23.0 Å². The maximum atomic E-state index is 11.8. The lowest BCUT2D eigenvalue weighted by Gasteiger charge is -2.13. The van der Waals surface area contributed by atoms with Gasteiger partial charge in [0, 0.05) is 0 Å².